The second-order valence-electron chi connectivity index (χ2n) is 6.96. The molecule has 1 saturated carbocycles. The van der Waals surface area contributed by atoms with Gasteiger partial charge in [0, 0.05) is 12.3 Å². The van der Waals surface area contributed by atoms with E-state index in [0.29, 0.717) is 24.4 Å². The van der Waals surface area contributed by atoms with E-state index >= 15 is 0 Å². The van der Waals surface area contributed by atoms with Gasteiger partial charge in [0.2, 0.25) is 5.88 Å². The quantitative estimate of drug-likeness (QED) is 0.549. The Balaban J connectivity index is 1.37. The fourth-order valence-corrected chi connectivity index (χ4v) is 3.54. The number of hydrogen-bond acceptors (Lipinski definition) is 4. The van der Waals surface area contributed by atoms with E-state index in [9.17, 15) is 0 Å². The summed E-state index contributed by atoms with van der Waals surface area (Å²) in [5, 5.41) is 0. The molecule has 0 atom stereocenters. The number of hydrogen-bond donors (Lipinski definition) is 0. The molecule has 1 aromatic heterocycles. The summed E-state index contributed by atoms with van der Waals surface area (Å²) >= 11 is 0. The Morgan fingerprint density at radius 1 is 0.852 bits per heavy atom. The fraction of sp³-hybridized carbons (Fsp3) is 0.304. The van der Waals surface area contributed by atoms with Crippen molar-refractivity contribution in [2.24, 2.45) is 0 Å². The summed E-state index contributed by atoms with van der Waals surface area (Å²) in [7, 11) is 0. The number of aromatic nitrogens is 2. The first-order chi connectivity index (χ1) is 13.4. The molecule has 2 aromatic carbocycles. The SMILES string of the molecule is c1ccc(COc2ccnc(Oc3ccc(C4CCCCC4)cc3)n2)cc1. The Morgan fingerprint density at radius 2 is 1.63 bits per heavy atom. The van der Waals surface area contributed by atoms with Gasteiger partial charge >= 0.3 is 6.01 Å². The van der Waals surface area contributed by atoms with Crippen molar-refractivity contribution in [3.63, 3.8) is 0 Å². The van der Waals surface area contributed by atoms with E-state index in [4.69, 9.17) is 9.47 Å². The van der Waals surface area contributed by atoms with Gasteiger partial charge < -0.3 is 9.47 Å². The molecule has 0 radical (unpaired) electrons. The highest BCUT2D eigenvalue weighted by Gasteiger charge is 2.15. The van der Waals surface area contributed by atoms with Gasteiger partial charge in [0.25, 0.3) is 0 Å². The van der Waals surface area contributed by atoms with Crippen molar-refractivity contribution in [1.29, 1.82) is 0 Å². The molecule has 0 saturated heterocycles. The third kappa shape index (κ3) is 4.85. The van der Waals surface area contributed by atoms with Gasteiger partial charge in [-0.15, -0.1) is 0 Å². The van der Waals surface area contributed by atoms with Crippen LogP contribution < -0.4 is 9.47 Å². The molecule has 0 bridgehead atoms. The number of ether oxygens (including phenoxy) is 2. The molecular weight excluding hydrogens is 336 g/mol. The van der Waals surface area contributed by atoms with Crippen LogP contribution in [0.2, 0.25) is 0 Å². The molecule has 3 aromatic rings. The van der Waals surface area contributed by atoms with Crippen LogP contribution in [-0.2, 0) is 6.61 Å². The van der Waals surface area contributed by atoms with Gasteiger partial charge in [0.05, 0.1) is 0 Å². The van der Waals surface area contributed by atoms with Gasteiger partial charge in [-0.3, -0.25) is 0 Å². The van der Waals surface area contributed by atoms with Crippen LogP contribution in [0.3, 0.4) is 0 Å². The van der Waals surface area contributed by atoms with E-state index in [2.05, 4.69) is 22.1 Å². The topological polar surface area (TPSA) is 44.2 Å². The maximum Gasteiger partial charge on any atom is 0.325 e. The van der Waals surface area contributed by atoms with Crippen LogP contribution in [0.4, 0.5) is 0 Å². The van der Waals surface area contributed by atoms with Crippen LogP contribution >= 0.6 is 0 Å². The zero-order valence-corrected chi connectivity index (χ0v) is 15.4. The normalized spacial score (nSPS) is 14.7. The first kappa shape index (κ1) is 17.5. The molecule has 4 rings (SSSR count). The van der Waals surface area contributed by atoms with E-state index in [-0.39, 0.29) is 0 Å². The van der Waals surface area contributed by atoms with E-state index in [1.807, 2.05) is 42.5 Å². The highest BCUT2D eigenvalue weighted by Crippen LogP contribution is 2.33. The Morgan fingerprint density at radius 3 is 2.41 bits per heavy atom. The lowest BCUT2D eigenvalue weighted by Crippen LogP contribution is -2.04. The van der Waals surface area contributed by atoms with E-state index in [1.165, 1.54) is 37.7 Å². The van der Waals surface area contributed by atoms with Crippen LogP contribution in [0, 0.1) is 0 Å². The minimum Gasteiger partial charge on any atom is -0.473 e. The Bertz CT molecular complexity index is 844. The van der Waals surface area contributed by atoms with Crippen LogP contribution in [0.1, 0.15) is 49.1 Å². The van der Waals surface area contributed by atoms with E-state index in [0.717, 1.165) is 11.3 Å². The molecule has 0 aliphatic heterocycles. The number of nitrogens with zero attached hydrogens (tertiary/aromatic N) is 2. The van der Waals surface area contributed by atoms with E-state index < -0.39 is 0 Å². The van der Waals surface area contributed by atoms with Crippen LogP contribution in [0.25, 0.3) is 0 Å². The number of benzene rings is 2. The van der Waals surface area contributed by atoms with Crippen molar-refractivity contribution in [1.82, 2.24) is 9.97 Å². The minimum atomic E-state index is 0.297. The number of rotatable bonds is 6. The van der Waals surface area contributed by atoms with Crippen molar-refractivity contribution in [2.45, 2.75) is 44.6 Å². The smallest absolute Gasteiger partial charge is 0.325 e. The van der Waals surface area contributed by atoms with Crippen molar-refractivity contribution < 1.29 is 9.47 Å². The molecule has 1 aliphatic rings. The monoisotopic (exact) mass is 360 g/mol. The maximum absolute atomic E-state index is 5.81. The molecule has 1 heterocycles. The molecule has 27 heavy (non-hydrogen) atoms. The molecule has 0 unspecified atom stereocenters. The predicted molar refractivity (Wildman–Crippen MR) is 105 cm³/mol. The van der Waals surface area contributed by atoms with Crippen LogP contribution in [0.5, 0.6) is 17.6 Å². The first-order valence-corrected chi connectivity index (χ1v) is 9.64. The lowest BCUT2D eigenvalue weighted by atomic mass is 9.84. The highest BCUT2D eigenvalue weighted by molar-refractivity contribution is 5.31. The Kier molecular flexibility index (Phi) is 5.63. The third-order valence-corrected chi connectivity index (χ3v) is 5.00. The first-order valence-electron chi connectivity index (χ1n) is 9.64. The van der Waals surface area contributed by atoms with Crippen LogP contribution in [-0.4, -0.2) is 9.97 Å². The second kappa shape index (κ2) is 8.67. The fourth-order valence-electron chi connectivity index (χ4n) is 3.54. The summed E-state index contributed by atoms with van der Waals surface area (Å²) < 4.78 is 11.5. The summed E-state index contributed by atoms with van der Waals surface area (Å²) in [6, 6.07) is 20.4. The van der Waals surface area contributed by atoms with Crippen molar-refractivity contribution in [3.8, 4) is 17.6 Å². The maximum atomic E-state index is 5.81. The Labute approximate surface area is 160 Å². The van der Waals surface area contributed by atoms with Crippen molar-refractivity contribution >= 4 is 0 Å². The summed E-state index contributed by atoms with van der Waals surface area (Å²) in [4.78, 5) is 8.53. The molecule has 0 amide bonds. The van der Waals surface area contributed by atoms with Crippen LogP contribution in [0.15, 0.2) is 66.9 Å². The van der Waals surface area contributed by atoms with Crippen molar-refractivity contribution in [2.75, 3.05) is 0 Å². The van der Waals surface area contributed by atoms with E-state index in [1.54, 1.807) is 12.3 Å². The average molecular weight is 360 g/mol. The minimum absolute atomic E-state index is 0.297. The summed E-state index contributed by atoms with van der Waals surface area (Å²) in [5.41, 5.74) is 2.50. The zero-order valence-electron chi connectivity index (χ0n) is 15.4. The summed E-state index contributed by atoms with van der Waals surface area (Å²) in [5.74, 6) is 1.94. The lowest BCUT2D eigenvalue weighted by Gasteiger charge is -2.22. The van der Waals surface area contributed by atoms with Gasteiger partial charge in [-0.1, -0.05) is 61.7 Å². The molecule has 138 valence electrons. The molecule has 1 aliphatic carbocycles. The standard InChI is InChI=1S/C23H24N2O2/c1-3-7-18(8-4-1)17-26-22-15-16-24-23(25-22)27-21-13-11-20(12-14-21)19-9-5-2-6-10-19/h1,3-4,7-8,11-16,19H,2,5-6,9-10,17H2. The Hall–Kier alpha value is -2.88. The van der Waals surface area contributed by atoms with Gasteiger partial charge in [-0.25, -0.2) is 4.98 Å². The molecule has 4 nitrogen and oxygen atoms in total. The average Bonchev–Trinajstić information content (AvgIpc) is 2.75. The molecular formula is C23H24N2O2. The van der Waals surface area contributed by atoms with Gasteiger partial charge in [0.15, 0.2) is 0 Å². The molecule has 1 fully saturated rings. The third-order valence-electron chi connectivity index (χ3n) is 5.00. The second-order valence-corrected chi connectivity index (χ2v) is 6.96. The van der Waals surface area contributed by atoms with Gasteiger partial charge in [-0.05, 0) is 42.0 Å². The summed E-state index contributed by atoms with van der Waals surface area (Å²) in [6.07, 6.45) is 8.30. The highest BCUT2D eigenvalue weighted by atomic mass is 16.5. The zero-order chi connectivity index (χ0) is 18.3. The largest absolute Gasteiger partial charge is 0.473 e. The molecule has 0 spiro atoms. The lowest BCUT2D eigenvalue weighted by molar-refractivity contribution is 0.287. The van der Waals surface area contributed by atoms with Gasteiger partial charge in [-0.2, -0.15) is 4.98 Å². The molecule has 0 N–H and O–H groups in total. The van der Waals surface area contributed by atoms with Crippen molar-refractivity contribution in [3.05, 3.63) is 78.0 Å². The van der Waals surface area contributed by atoms with Gasteiger partial charge in [0.1, 0.15) is 12.4 Å². The molecule has 4 heteroatoms. The summed E-state index contributed by atoms with van der Waals surface area (Å²) in [6.45, 7) is 0.466. The predicted octanol–water partition coefficient (Wildman–Crippen LogP) is 5.90.